The maximum absolute atomic E-state index is 13.5. The van der Waals surface area contributed by atoms with E-state index in [2.05, 4.69) is 30.4 Å². The van der Waals surface area contributed by atoms with Crippen molar-refractivity contribution < 1.29 is 4.39 Å². The van der Waals surface area contributed by atoms with E-state index in [0.29, 0.717) is 5.56 Å². The first-order chi connectivity index (χ1) is 10.2. The van der Waals surface area contributed by atoms with Crippen LogP contribution in [-0.2, 0) is 6.54 Å². The molecule has 0 unspecified atom stereocenters. The Labute approximate surface area is 123 Å². The minimum Gasteiger partial charge on any atom is -0.350 e. The third-order valence-electron chi connectivity index (χ3n) is 2.61. The van der Waals surface area contributed by atoms with E-state index in [1.807, 2.05) is 0 Å². The van der Waals surface area contributed by atoms with E-state index in [4.69, 9.17) is 11.6 Å². The fourth-order valence-electron chi connectivity index (χ4n) is 1.65. The summed E-state index contributed by atoms with van der Waals surface area (Å²) in [7, 11) is 0. The van der Waals surface area contributed by atoms with E-state index in [0.717, 1.165) is 0 Å². The van der Waals surface area contributed by atoms with Crippen molar-refractivity contribution in [3.63, 3.8) is 0 Å². The highest BCUT2D eigenvalue weighted by atomic mass is 35.5. The first kappa shape index (κ1) is 13.4. The zero-order valence-corrected chi connectivity index (χ0v) is 11.4. The number of hydrogen-bond acceptors (Lipinski definition) is 6. The molecule has 1 N–H and O–H groups in total. The van der Waals surface area contributed by atoms with Gasteiger partial charge in [0.05, 0.1) is 0 Å². The van der Waals surface area contributed by atoms with Crippen LogP contribution in [0.2, 0.25) is 5.28 Å². The SMILES string of the molecule is Fc1ccccc1CNc1nc(Cl)nc(-n2cncn2)n1. The fourth-order valence-corrected chi connectivity index (χ4v) is 1.80. The number of aromatic nitrogens is 6. The van der Waals surface area contributed by atoms with E-state index >= 15 is 0 Å². The Balaban J connectivity index is 1.81. The predicted molar refractivity (Wildman–Crippen MR) is 73.5 cm³/mol. The van der Waals surface area contributed by atoms with Gasteiger partial charge >= 0.3 is 0 Å². The standard InChI is InChI=1S/C12H9ClFN7/c13-10-18-11(16-5-8-3-1-2-4-9(8)14)20-12(19-10)21-7-15-6-17-21/h1-4,6-7H,5H2,(H,16,18,19,20). The van der Waals surface area contributed by atoms with Crippen LogP contribution in [0.25, 0.3) is 5.95 Å². The van der Waals surface area contributed by atoms with Crippen molar-refractivity contribution in [1.29, 1.82) is 0 Å². The van der Waals surface area contributed by atoms with Gasteiger partial charge in [-0.3, -0.25) is 0 Å². The molecule has 2 aromatic heterocycles. The highest BCUT2D eigenvalue weighted by Gasteiger charge is 2.08. The summed E-state index contributed by atoms with van der Waals surface area (Å²) in [5, 5.41) is 6.81. The van der Waals surface area contributed by atoms with Crippen LogP contribution in [0.5, 0.6) is 0 Å². The maximum atomic E-state index is 13.5. The molecule has 0 aliphatic carbocycles. The van der Waals surface area contributed by atoms with Gasteiger partial charge < -0.3 is 5.32 Å². The third-order valence-corrected chi connectivity index (χ3v) is 2.78. The molecule has 0 saturated carbocycles. The molecule has 0 fully saturated rings. The highest BCUT2D eigenvalue weighted by molar-refractivity contribution is 6.28. The zero-order chi connectivity index (χ0) is 14.7. The normalized spacial score (nSPS) is 10.6. The quantitative estimate of drug-likeness (QED) is 0.792. The zero-order valence-electron chi connectivity index (χ0n) is 10.6. The van der Waals surface area contributed by atoms with Crippen molar-refractivity contribution in [2.45, 2.75) is 6.54 Å². The smallest absolute Gasteiger partial charge is 0.258 e. The van der Waals surface area contributed by atoms with Crippen molar-refractivity contribution in [1.82, 2.24) is 29.7 Å². The summed E-state index contributed by atoms with van der Waals surface area (Å²) in [6.07, 6.45) is 2.79. The molecule has 0 spiro atoms. The van der Waals surface area contributed by atoms with Crippen molar-refractivity contribution in [3.05, 3.63) is 53.6 Å². The largest absolute Gasteiger partial charge is 0.350 e. The number of rotatable bonds is 4. The molecule has 3 rings (SSSR count). The number of anilines is 1. The number of nitrogens with zero attached hydrogens (tertiary/aromatic N) is 6. The molecule has 0 amide bonds. The van der Waals surface area contributed by atoms with E-state index in [1.165, 1.54) is 23.4 Å². The molecule has 0 aliphatic heterocycles. The minimum atomic E-state index is -0.304. The van der Waals surface area contributed by atoms with E-state index in [-0.39, 0.29) is 29.5 Å². The fraction of sp³-hybridized carbons (Fsp3) is 0.0833. The average molecular weight is 306 g/mol. The molecule has 0 radical (unpaired) electrons. The van der Waals surface area contributed by atoms with Crippen LogP contribution >= 0.6 is 11.6 Å². The topological polar surface area (TPSA) is 81.4 Å². The molecular weight excluding hydrogens is 297 g/mol. The second-order valence-corrected chi connectivity index (χ2v) is 4.35. The number of halogens is 2. The number of benzene rings is 1. The van der Waals surface area contributed by atoms with Crippen LogP contribution in [0, 0.1) is 5.82 Å². The van der Waals surface area contributed by atoms with Crippen LogP contribution in [0.1, 0.15) is 5.56 Å². The second-order valence-electron chi connectivity index (χ2n) is 4.01. The molecule has 2 heterocycles. The molecule has 7 nitrogen and oxygen atoms in total. The summed E-state index contributed by atoms with van der Waals surface area (Å²) in [4.78, 5) is 15.8. The Bertz CT molecular complexity index is 747. The van der Waals surface area contributed by atoms with Crippen molar-refractivity contribution in [2.24, 2.45) is 0 Å². The van der Waals surface area contributed by atoms with E-state index in [1.54, 1.807) is 18.2 Å². The predicted octanol–water partition coefficient (Wildman–Crippen LogP) is 1.86. The summed E-state index contributed by atoms with van der Waals surface area (Å²) < 4.78 is 14.9. The Morgan fingerprint density at radius 2 is 2.05 bits per heavy atom. The summed E-state index contributed by atoms with van der Waals surface area (Å²) in [5.41, 5.74) is 0.497. The van der Waals surface area contributed by atoms with Crippen molar-refractivity contribution >= 4 is 17.5 Å². The van der Waals surface area contributed by atoms with Gasteiger partial charge in [-0.25, -0.2) is 9.37 Å². The molecule has 21 heavy (non-hydrogen) atoms. The molecule has 0 aliphatic rings. The van der Waals surface area contributed by atoms with Crippen LogP contribution < -0.4 is 5.32 Å². The Kier molecular flexibility index (Phi) is 3.69. The summed E-state index contributed by atoms with van der Waals surface area (Å²) >= 11 is 5.84. The van der Waals surface area contributed by atoms with Gasteiger partial charge in [-0.2, -0.15) is 24.7 Å². The van der Waals surface area contributed by atoms with Crippen molar-refractivity contribution in [2.75, 3.05) is 5.32 Å². The molecule has 9 heteroatoms. The minimum absolute atomic E-state index is 0.00605. The van der Waals surface area contributed by atoms with Crippen LogP contribution in [0.15, 0.2) is 36.9 Å². The van der Waals surface area contributed by atoms with Gasteiger partial charge in [-0.05, 0) is 17.7 Å². The first-order valence-corrected chi connectivity index (χ1v) is 6.34. The van der Waals surface area contributed by atoms with Gasteiger partial charge in [0.15, 0.2) is 0 Å². The van der Waals surface area contributed by atoms with Gasteiger partial charge in [0.1, 0.15) is 18.5 Å². The second kappa shape index (κ2) is 5.80. The Hall–Kier alpha value is -2.61. The van der Waals surface area contributed by atoms with E-state index in [9.17, 15) is 4.39 Å². The Morgan fingerprint density at radius 3 is 2.81 bits per heavy atom. The Morgan fingerprint density at radius 1 is 1.19 bits per heavy atom. The molecule has 0 atom stereocenters. The molecule has 3 aromatic rings. The van der Waals surface area contributed by atoms with Gasteiger partial charge in [-0.15, -0.1) is 0 Å². The maximum Gasteiger partial charge on any atom is 0.258 e. The van der Waals surface area contributed by atoms with Gasteiger partial charge in [0.25, 0.3) is 5.95 Å². The monoisotopic (exact) mass is 305 g/mol. The van der Waals surface area contributed by atoms with Gasteiger partial charge in [-0.1, -0.05) is 18.2 Å². The summed E-state index contributed by atoms with van der Waals surface area (Å²) in [5.74, 6) is 0.147. The molecular formula is C12H9ClFN7. The number of hydrogen-bond donors (Lipinski definition) is 1. The van der Waals surface area contributed by atoms with E-state index < -0.39 is 0 Å². The lowest BCUT2D eigenvalue weighted by Gasteiger charge is -2.07. The average Bonchev–Trinajstić information content (AvgIpc) is 3.00. The third kappa shape index (κ3) is 3.11. The van der Waals surface area contributed by atoms with Crippen molar-refractivity contribution in [3.8, 4) is 5.95 Å². The first-order valence-electron chi connectivity index (χ1n) is 5.96. The molecule has 1 aromatic carbocycles. The lowest BCUT2D eigenvalue weighted by atomic mass is 10.2. The highest BCUT2D eigenvalue weighted by Crippen LogP contribution is 2.11. The van der Waals surface area contributed by atoms with Gasteiger partial charge in [0.2, 0.25) is 11.2 Å². The molecule has 0 bridgehead atoms. The molecule has 106 valence electrons. The summed E-state index contributed by atoms with van der Waals surface area (Å²) in [6.45, 7) is 0.226. The lowest BCUT2D eigenvalue weighted by Crippen LogP contribution is -2.10. The van der Waals surface area contributed by atoms with Crippen LogP contribution in [0.3, 0.4) is 0 Å². The molecule has 0 saturated heterocycles. The lowest BCUT2D eigenvalue weighted by molar-refractivity contribution is 0.612. The number of nitrogens with one attached hydrogen (secondary N) is 1. The summed E-state index contributed by atoms with van der Waals surface area (Å²) in [6, 6.07) is 6.43. The van der Waals surface area contributed by atoms with Crippen LogP contribution in [-0.4, -0.2) is 29.7 Å². The van der Waals surface area contributed by atoms with Crippen LogP contribution in [0.4, 0.5) is 10.3 Å². The van der Waals surface area contributed by atoms with Gasteiger partial charge in [0, 0.05) is 12.1 Å².